The molecule has 7 heteroatoms. The van der Waals surface area contributed by atoms with Crippen LogP contribution in [0.4, 0.5) is 5.82 Å². The number of aryl methyl sites for hydroxylation is 1. The second-order valence-electron chi connectivity index (χ2n) is 8.83. The number of pyridine rings is 1. The van der Waals surface area contributed by atoms with Crippen LogP contribution in [0.1, 0.15) is 32.3 Å². The number of hydrogen-bond donors (Lipinski definition) is 2. The number of nitrogen functional groups attached to an aromatic ring is 1. The first kappa shape index (κ1) is 21.9. The minimum absolute atomic E-state index is 0. The maximum Gasteiger partial charge on any atom is 0.165 e. The normalized spacial score (nSPS) is 14.5. The summed E-state index contributed by atoms with van der Waals surface area (Å²) in [7, 11) is 1.85. The Morgan fingerprint density at radius 2 is 1.65 bits per heavy atom. The third-order valence-corrected chi connectivity index (χ3v) is 6.62. The molecule has 0 saturated heterocycles. The lowest BCUT2D eigenvalue weighted by atomic mass is 9.73. The van der Waals surface area contributed by atoms with E-state index in [-0.39, 0.29) is 13.0 Å². The van der Waals surface area contributed by atoms with Crippen molar-refractivity contribution < 1.29 is 0 Å². The van der Waals surface area contributed by atoms with Crippen LogP contribution < -0.4 is 11.5 Å². The van der Waals surface area contributed by atoms with Crippen molar-refractivity contribution in [2.75, 3.05) is 5.73 Å². The maximum atomic E-state index is 6.55. The van der Waals surface area contributed by atoms with E-state index in [9.17, 15) is 0 Å². The van der Waals surface area contributed by atoms with Gasteiger partial charge in [-0.1, -0.05) is 49.9 Å². The average molecular weight is 452 g/mol. The molecule has 172 valence electrons. The topological polar surface area (TPSA) is 101 Å². The quantitative estimate of drug-likeness (QED) is 0.398. The van der Waals surface area contributed by atoms with Gasteiger partial charge in [-0.25, -0.2) is 9.97 Å². The fraction of sp³-hybridized carbons (Fsp3) is 0.222. The second-order valence-corrected chi connectivity index (χ2v) is 8.83. The molecular weight excluding hydrogens is 422 g/mol. The molecular formula is C27H29N7. The summed E-state index contributed by atoms with van der Waals surface area (Å²) in [5.74, 6) is 1.15. The molecule has 5 aromatic rings. The standard InChI is InChI=1S/C26H25N7.CH4/c1-32-16-20(23(27)31-32)24-30-22-13-12-21(17-6-3-2-4-7-17)29-25(22)33(24)19-10-8-18(9-11-19)26(28)14-5-15-26;/h2-4,6-13,16H,5,14-15,28H2,1H3,(H2,27,31);1H4. The van der Waals surface area contributed by atoms with Crippen LogP contribution in [-0.4, -0.2) is 24.3 Å². The fourth-order valence-electron chi connectivity index (χ4n) is 4.62. The molecule has 0 aliphatic heterocycles. The van der Waals surface area contributed by atoms with E-state index < -0.39 is 0 Å². The third kappa shape index (κ3) is 3.45. The predicted molar refractivity (Wildman–Crippen MR) is 137 cm³/mol. The molecule has 0 spiro atoms. The van der Waals surface area contributed by atoms with E-state index in [1.807, 2.05) is 43.6 Å². The van der Waals surface area contributed by atoms with Crippen molar-refractivity contribution in [1.82, 2.24) is 24.3 Å². The lowest BCUT2D eigenvalue weighted by Gasteiger charge is -2.38. The van der Waals surface area contributed by atoms with Gasteiger partial charge in [-0.2, -0.15) is 5.10 Å². The highest BCUT2D eigenvalue weighted by molar-refractivity contribution is 5.84. The van der Waals surface area contributed by atoms with Gasteiger partial charge in [0, 0.05) is 30.0 Å². The van der Waals surface area contributed by atoms with E-state index in [0.29, 0.717) is 11.6 Å². The summed E-state index contributed by atoms with van der Waals surface area (Å²) in [5, 5.41) is 4.33. The van der Waals surface area contributed by atoms with Gasteiger partial charge in [0.2, 0.25) is 0 Å². The van der Waals surface area contributed by atoms with E-state index in [4.69, 9.17) is 21.4 Å². The minimum atomic E-state index is -0.203. The molecule has 0 atom stereocenters. The van der Waals surface area contributed by atoms with Crippen LogP contribution in [0.2, 0.25) is 0 Å². The number of nitrogens with two attached hydrogens (primary N) is 2. The summed E-state index contributed by atoms with van der Waals surface area (Å²) in [5.41, 5.74) is 19.0. The van der Waals surface area contributed by atoms with Crippen LogP contribution in [0.15, 0.2) is 72.9 Å². The largest absolute Gasteiger partial charge is 0.382 e. The smallest absolute Gasteiger partial charge is 0.165 e. The number of benzene rings is 2. The SMILES string of the molecule is C.Cn1cc(-c2nc3ccc(-c4ccccc4)nc3n2-c2ccc(C3(N)CCC3)cc2)c(N)n1. The van der Waals surface area contributed by atoms with E-state index in [1.165, 1.54) is 12.0 Å². The van der Waals surface area contributed by atoms with Crippen LogP contribution in [0, 0.1) is 0 Å². The van der Waals surface area contributed by atoms with Crippen LogP contribution in [0.25, 0.3) is 39.5 Å². The lowest BCUT2D eigenvalue weighted by Crippen LogP contribution is -2.43. The predicted octanol–water partition coefficient (Wildman–Crippen LogP) is 5.04. The number of fused-ring (bicyclic) bond motifs is 1. The number of rotatable bonds is 4. The highest BCUT2D eigenvalue weighted by atomic mass is 15.3. The zero-order valence-corrected chi connectivity index (χ0v) is 18.4. The molecule has 7 nitrogen and oxygen atoms in total. The third-order valence-electron chi connectivity index (χ3n) is 6.62. The zero-order chi connectivity index (χ0) is 22.6. The number of nitrogens with zero attached hydrogens (tertiary/aromatic N) is 5. The van der Waals surface area contributed by atoms with Crippen molar-refractivity contribution in [3.63, 3.8) is 0 Å². The van der Waals surface area contributed by atoms with Crippen LogP contribution in [0.3, 0.4) is 0 Å². The molecule has 3 heterocycles. The highest BCUT2D eigenvalue weighted by Crippen LogP contribution is 2.39. The van der Waals surface area contributed by atoms with Crippen molar-refractivity contribution in [1.29, 1.82) is 0 Å². The first-order valence-electron chi connectivity index (χ1n) is 11.2. The Morgan fingerprint density at radius 3 is 2.26 bits per heavy atom. The van der Waals surface area contributed by atoms with Crippen molar-refractivity contribution in [3.05, 3.63) is 78.5 Å². The van der Waals surface area contributed by atoms with Crippen molar-refractivity contribution in [3.8, 4) is 28.3 Å². The number of aromatic nitrogens is 5. The first-order chi connectivity index (χ1) is 16.0. The minimum Gasteiger partial charge on any atom is -0.382 e. The molecule has 1 saturated carbocycles. The lowest BCUT2D eigenvalue weighted by molar-refractivity contribution is 0.253. The molecule has 0 amide bonds. The van der Waals surface area contributed by atoms with E-state index in [0.717, 1.165) is 46.5 Å². The van der Waals surface area contributed by atoms with Crippen LogP contribution in [0.5, 0.6) is 0 Å². The maximum absolute atomic E-state index is 6.55. The van der Waals surface area contributed by atoms with Crippen molar-refractivity contribution in [2.24, 2.45) is 12.8 Å². The molecule has 0 radical (unpaired) electrons. The molecule has 1 aliphatic carbocycles. The van der Waals surface area contributed by atoms with Crippen molar-refractivity contribution >= 4 is 17.0 Å². The molecule has 2 aromatic carbocycles. The summed E-state index contributed by atoms with van der Waals surface area (Å²) in [6.45, 7) is 0. The zero-order valence-electron chi connectivity index (χ0n) is 18.4. The Balaban J connectivity index is 0.00000241. The Kier molecular flexibility index (Phi) is 5.21. The van der Waals surface area contributed by atoms with Gasteiger partial charge in [-0.05, 0) is 49.1 Å². The van der Waals surface area contributed by atoms with Gasteiger partial charge < -0.3 is 11.5 Å². The summed E-state index contributed by atoms with van der Waals surface area (Å²) >= 11 is 0. The van der Waals surface area contributed by atoms with E-state index >= 15 is 0 Å². The highest BCUT2D eigenvalue weighted by Gasteiger charge is 2.34. The monoisotopic (exact) mass is 451 g/mol. The van der Waals surface area contributed by atoms with Gasteiger partial charge in [0.25, 0.3) is 0 Å². The van der Waals surface area contributed by atoms with Gasteiger partial charge in [-0.3, -0.25) is 9.25 Å². The van der Waals surface area contributed by atoms with Gasteiger partial charge in [0.1, 0.15) is 5.52 Å². The summed E-state index contributed by atoms with van der Waals surface area (Å²) in [6, 6.07) is 22.6. The molecule has 0 bridgehead atoms. The van der Waals surface area contributed by atoms with Crippen LogP contribution >= 0.6 is 0 Å². The molecule has 6 rings (SSSR count). The van der Waals surface area contributed by atoms with Crippen LogP contribution in [-0.2, 0) is 12.6 Å². The summed E-state index contributed by atoms with van der Waals surface area (Å²) in [4.78, 5) is 9.92. The first-order valence-corrected chi connectivity index (χ1v) is 11.2. The molecule has 4 N–H and O–H groups in total. The van der Waals surface area contributed by atoms with Gasteiger partial charge in [-0.15, -0.1) is 0 Å². The number of imidazole rings is 1. The second kappa shape index (κ2) is 8.11. The molecule has 34 heavy (non-hydrogen) atoms. The molecule has 1 fully saturated rings. The Morgan fingerprint density at radius 1 is 0.912 bits per heavy atom. The summed E-state index contributed by atoms with van der Waals surface area (Å²) < 4.78 is 3.76. The fourth-order valence-corrected chi connectivity index (χ4v) is 4.62. The van der Waals surface area contributed by atoms with E-state index in [1.54, 1.807) is 4.68 Å². The Labute approximate surface area is 199 Å². The Bertz CT molecular complexity index is 1460. The molecule has 3 aromatic heterocycles. The van der Waals surface area contributed by atoms with Gasteiger partial charge in [0.05, 0.1) is 11.3 Å². The van der Waals surface area contributed by atoms with Gasteiger partial charge in [0.15, 0.2) is 17.3 Å². The summed E-state index contributed by atoms with van der Waals surface area (Å²) in [6.07, 6.45) is 5.13. The number of hydrogen-bond acceptors (Lipinski definition) is 5. The average Bonchev–Trinajstić information content (AvgIpc) is 3.36. The molecule has 1 aliphatic rings. The van der Waals surface area contributed by atoms with E-state index in [2.05, 4.69) is 46.1 Å². The van der Waals surface area contributed by atoms with Crippen molar-refractivity contribution in [2.45, 2.75) is 32.2 Å². The van der Waals surface area contributed by atoms with Gasteiger partial charge >= 0.3 is 0 Å². The number of anilines is 1. The molecule has 0 unspecified atom stereocenters. The Hall–Kier alpha value is -3.97.